The second kappa shape index (κ2) is 3.78. The van der Waals surface area contributed by atoms with Gasteiger partial charge in [-0.1, -0.05) is 0 Å². The van der Waals surface area contributed by atoms with Crippen LogP contribution in [-0.2, 0) is 0 Å². The van der Waals surface area contributed by atoms with Gasteiger partial charge in [-0.15, -0.1) is 0 Å². The molecule has 0 aromatic heterocycles. The first kappa shape index (κ1) is 13.2. The van der Waals surface area contributed by atoms with Crippen molar-refractivity contribution in [1.82, 2.24) is 0 Å². The molecular formula is C7H7F7. The first-order valence-corrected chi connectivity index (χ1v) is 3.43. The largest absolute Gasteiger partial charge is 0.423 e. The predicted molar refractivity (Wildman–Crippen MR) is 35.4 cm³/mol. The maximum atomic E-state index is 12.4. The third-order valence-corrected chi connectivity index (χ3v) is 1.68. The summed E-state index contributed by atoms with van der Waals surface area (Å²) in [6.07, 6.45) is -13.8. The average Bonchev–Trinajstić information content (AvgIpc) is 1.97. The van der Waals surface area contributed by atoms with Crippen molar-refractivity contribution in [2.45, 2.75) is 32.4 Å². The van der Waals surface area contributed by atoms with Gasteiger partial charge in [0.15, 0.2) is 0 Å². The number of hydrogen-bond acceptors (Lipinski definition) is 0. The molecule has 1 unspecified atom stereocenters. The number of rotatable bonds is 1. The van der Waals surface area contributed by atoms with Gasteiger partial charge in [0, 0.05) is 5.57 Å². The van der Waals surface area contributed by atoms with Gasteiger partial charge in [0.2, 0.25) is 6.17 Å². The summed E-state index contributed by atoms with van der Waals surface area (Å²) in [5.74, 6) is 0. The molecule has 0 aromatic carbocycles. The highest BCUT2D eigenvalue weighted by Gasteiger charge is 2.44. The molecular weight excluding hydrogens is 217 g/mol. The SMILES string of the molecule is C/C(=C(\C)C(F)(F)F)C(F)C(F)(F)F. The minimum absolute atomic E-state index is 0.410. The third-order valence-electron chi connectivity index (χ3n) is 1.68. The topological polar surface area (TPSA) is 0 Å². The zero-order valence-electron chi connectivity index (χ0n) is 7.22. The molecule has 0 amide bonds. The zero-order valence-corrected chi connectivity index (χ0v) is 7.22. The van der Waals surface area contributed by atoms with Gasteiger partial charge in [0.1, 0.15) is 0 Å². The highest BCUT2D eigenvalue weighted by atomic mass is 19.4. The summed E-state index contributed by atoms with van der Waals surface area (Å²) in [5.41, 5.74) is -2.91. The van der Waals surface area contributed by atoms with Crippen LogP contribution in [0.3, 0.4) is 0 Å². The molecule has 0 fully saturated rings. The third kappa shape index (κ3) is 3.19. The first-order chi connectivity index (χ1) is 5.98. The minimum Gasteiger partial charge on any atom is -0.233 e. The van der Waals surface area contributed by atoms with Crippen LogP contribution in [-0.4, -0.2) is 18.5 Å². The van der Waals surface area contributed by atoms with Crippen molar-refractivity contribution in [3.05, 3.63) is 11.1 Å². The number of halogens is 7. The van der Waals surface area contributed by atoms with Gasteiger partial charge in [0.05, 0.1) is 0 Å². The molecule has 0 saturated carbocycles. The van der Waals surface area contributed by atoms with Gasteiger partial charge in [-0.05, 0) is 19.4 Å². The van der Waals surface area contributed by atoms with E-state index >= 15 is 0 Å². The molecule has 0 bridgehead atoms. The summed E-state index contributed by atoms with van der Waals surface area (Å²) in [4.78, 5) is 0. The lowest BCUT2D eigenvalue weighted by molar-refractivity contribution is -0.170. The zero-order chi connectivity index (χ0) is 11.7. The van der Waals surface area contributed by atoms with Gasteiger partial charge in [0.25, 0.3) is 0 Å². The Morgan fingerprint density at radius 2 is 1.29 bits per heavy atom. The lowest BCUT2D eigenvalue weighted by atomic mass is 10.1. The molecule has 0 saturated heterocycles. The van der Waals surface area contributed by atoms with Crippen LogP contribution in [0.1, 0.15) is 13.8 Å². The molecule has 0 radical (unpaired) electrons. The molecule has 0 aliphatic rings. The van der Waals surface area contributed by atoms with E-state index in [1.54, 1.807) is 0 Å². The van der Waals surface area contributed by atoms with Gasteiger partial charge < -0.3 is 0 Å². The fraction of sp³-hybridized carbons (Fsp3) is 0.714. The highest BCUT2D eigenvalue weighted by molar-refractivity contribution is 5.19. The van der Waals surface area contributed by atoms with Crippen LogP contribution in [0.4, 0.5) is 30.7 Å². The van der Waals surface area contributed by atoms with E-state index in [4.69, 9.17) is 0 Å². The Kier molecular flexibility index (Phi) is 3.58. The second-order valence-electron chi connectivity index (χ2n) is 2.71. The summed E-state index contributed by atoms with van der Waals surface area (Å²) in [6, 6.07) is 0. The lowest BCUT2D eigenvalue weighted by Gasteiger charge is -2.17. The van der Waals surface area contributed by atoms with E-state index in [1.165, 1.54) is 0 Å². The molecule has 0 spiro atoms. The maximum absolute atomic E-state index is 12.4. The Bertz CT molecular complexity index is 231. The Labute approximate surface area is 75.4 Å². The Hall–Kier alpha value is -0.750. The van der Waals surface area contributed by atoms with Gasteiger partial charge in [-0.25, -0.2) is 4.39 Å². The van der Waals surface area contributed by atoms with Crippen LogP contribution in [0.2, 0.25) is 0 Å². The fourth-order valence-corrected chi connectivity index (χ4v) is 0.659. The van der Waals surface area contributed by atoms with Crippen molar-refractivity contribution in [3.63, 3.8) is 0 Å². The lowest BCUT2D eigenvalue weighted by Crippen LogP contribution is -2.28. The van der Waals surface area contributed by atoms with Crippen molar-refractivity contribution in [2.24, 2.45) is 0 Å². The van der Waals surface area contributed by atoms with Crippen molar-refractivity contribution in [3.8, 4) is 0 Å². The van der Waals surface area contributed by atoms with Crippen molar-refractivity contribution in [1.29, 1.82) is 0 Å². The minimum atomic E-state index is -5.30. The Balaban J connectivity index is 5.03. The van der Waals surface area contributed by atoms with E-state index in [0.29, 0.717) is 13.8 Å². The summed E-state index contributed by atoms with van der Waals surface area (Å²) in [5, 5.41) is 0. The molecule has 0 aromatic rings. The van der Waals surface area contributed by atoms with E-state index in [0.717, 1.165) is 0 Å². The smallest absolute Gasteiger partial charge is 0.233 e. The van der Waals surface area contributed by atoms with E-state index in [1.807, 2.05) is 0 Å². The second-order valence-corrected chi connectivity index (χ2v) is 2.71. The molecule has 0 rings (SSSR count). The monoisotopic (exact) mass is 224 g/mol. The molecule has 14 heavy (non-hydrogen) atoms. The molecule has 7 heteroatoms. The average molecular weight is 224 g/mol. The predicted octanol–water partition coefficient (Wildman–Crippen LogP) is 3.79. The quantitative estimate of drug-likeness (QED) is 0.469. The first-order valence-electron chi connectivity index (χ1n) is 3.43. The normalized spacial score (nSPS) is 17.8. The van der Waals surface area contributed by atoms with Crippen LogP contribution in [0, 0.1) is 0 Å². The molecule has 0 N–H and O–H groups in total. The van der Waals surface area contributed by atoms with Crippen LogP contribution < -0.4 is 0 Å². The van der Waals surface area contributed by atoms with Gasteiger partial charge in [-0.3, -0.25) is 0 Å². The summed E-state index contributed by atoms with van der Waals surface area (Å²) in [6.45, 7) is 0.884. The van der Waals surface area contributed by atoms with Crippen molar-refractivity contribution < 1.29 is 30.7 Å². The van der Waals surface area contributed by atoms with E-state index in [9.17, 15) is 30.7 Å². The maximum Gasteiger partial charge on any atom is 0.423 e. The summed E-state index contributed by atoms with van der Waals surface area (Å²) < 4.78 is 83.0. The molecule has 0 aliphatic heterocycles. The molecule has 84 valence electrons. The van der Waals surface area contributed by atoms with Crippen molar-refractivity contribution >= 4 is 0 Å². The highest BCUT2D eigenvalue weighted by Crippen LogP contribution is 2.34. The Morgan fingerprint density at radius 1 is 0.929 bits per heavy atom. The van der Waals surface area contributed by atoms with Crippen LogP contribution >= 0.6 is 0 Å². The molecule has 1 atom stereocenters. The van der Waals surface area contributed by atoms with Crippen LogP contribution in [0.15, 0.2) is 11.1 Å². The fourth-order valence-electron chi connectivity index (χ4n) is 0.659. The standard InChI is InChI=1S/C7H7F7/c1-3(4(2)6(9,10)11)5(8)7(12,13)14/h5H,1-2H3/b4-3-. The molecule has 0 heterocycles. The van der Waals surface area contributed by atoms with E-state index in [2.05, 4.69) is 0 Å². The number of hydrogen-bond donors (Lipinski definition) is 0. The van der Waals surface area contributed by atoms with E-state index < -0.39 is 29.7 Å². The number of alkyl halides is 7. The Morgan fingerprint density at radius 3 is 1.50 bits per heavy atom. The number of allylic oxidation sites excluding steroid dienone is 2. The van der Waals surface area contributed by atoms with Gasteiger partial charge >= 0.3 is 12.4 Å². The van der Waals surface area contributed by atoms with E-state index in [-0.39, 0.29) is 0 Å². The molecule has 0 nitrogen and oxygen atoms in total. The van der Waals surface area contributed by atoms with Crippen LogP contribution in [0.5, 0.6) is 0 Å². The van der Waals surface area contributed by atoms with Crippen LogP contribution in [0.25, 0.3) is 0 Å². The van der Waals surface area contributed by atoms with Crippen molar-refractivity contribution in [2.75, 3.05) is 0 Å². The summed E-state index contributed by atoms with van der Waals surface area (Å²) >= 11 is 0. The summed E-state index contributed by atoms with van der Waals surface area (Å²) in [7, 11) is 0. The van der Waals surface area contributed by atoms with Gasteiger partial charge in [-0.2, -0.15) is 26.3 Å². The molecule has 0 aliphatic carbocycles.